The summed E-state index contributed by atoms with van der Waals surface area (Å²) in [7, 11) is 1.97. The first-order valence-electron chi connectivity index (χ1n) is 7.37. The van der Waals surface area contributed by atoms with Gasteiger partial charge < -0.3 is 5.32 Å². The first kappa shape index (κ1) is 13.6. The van der Waals surface area contributed by atoms with Crippen LogP contribution in [-0.4, -0.2) is 15.8 Å². The van der Waals surface area contributed by atoms with Crippen molar-refractivity contribution in [3.05, 3.63) is 18.0 Å². The first-order valence-corrected chi connectivity index (χ1v) is 7.37. The molecule has 0 amide bonds. The van der Waals surface area contributed by atoms with Crippen molar-refractivity contribution in [1.82, 2.24) is 15.1 Å². The van der Waals surface area contributed by atoms with Crippen molar-refractivity contribution < 1.29 is 0 Å². The summed E-state index contributed by atoms with van der Waals surface area (Å²) in [6.07, 6.45) is 8.85. The third-order valence-corrected chi connectivity index (χ3v) is 4.30. The van der Waals surface area contributed by atoms with Crippen LogP contribution in [0.3, 0.4) is 0 Å². The zero-order valence-corrected chi connectivity index (χ0v) is 12.0. The van der Waals surface area contributed by atoms with E-state index in [1.807, 2.05) is 17.9 Å². The van der Waals surface area contributed by atoms with Gasteiger partial charge in [0.15, 0.2) is 0 Å². The minimum Gasteiger partial charge on any atom is -0.308 e. The molecule has 0 bridgehead atoms. The number of aromatic nitrogens is 2. The van der Waals surface area contributed by atoms with Crippen molar-refractivity contribution in [2.75, 3.05) is 0 Å². The molecule has 3 heteroatoms. The summed E-state index contributed by atoms with van der Waals surface area (Å²) >= 11 is 0. The molecule has 2 rings (SSSR count). The van der Waals surface area contributed by atoms with Gasteiger partial charge in [0.2, 0.25) is 0 Å². The fourth-order valence-electron chi connectivity index (χ4n) is 3.01. The summed E-state index contributed by atoms with van der Waals surface area (Å²) in [5.74, 6) is 1.78. The van der Waals surface area contributed by atoms with Crippen LogP contribution in [0.5, 0.6) is 0 Å². The monoisotopic (exact) mass is 249 g/mol. The van der Waals surface area contributed by atoms with E-state index in [0.717, 1.165) is 24.1 Å². The molecule has 2 unspecified atom stereocenters. The molecule has 1 heterocycles. The van der Waals surface area contributed by atoms with Crippen molar-refractivity contribution >= 4 is 0 Å². The van der Waals surface area contributed by atoms with E-state index >= 15 is 0 Å². The average molecular weight is 249 g/mol. The van der Waals surface area contributed by atoms with Crippen LogP contribution in [0.1, 0.15) is 51.6 Å². The second-order valence-corrected chi connectivity index (χ2v) is 6.07. The zero-order chi connectivity index (χ0) is 13.0. The lowest BCUT2D eigenvalue weighted by atomic mass is 9.89. The van der Waals surface area contributed by atoms with E-state index in [-0.39, 0.29) is 0 Å². The van der Waals surface area contributed by atoms with E-state index in [0.29, 0.717) is 6.04 Å². The van der Waals surface area contributed by atoms with Gasteiger partial charge in [0.05, 0.1) is 5.69 Å². The summed E-state index contributed by atoms with van der Waals surface area (Å²) in [6, 6.07) is 2.79. The summed E-state index contributed by atoms with van der Waals surface area (Å²) in [5.41, 5.74) is 1.15. The number of nitrogens with zero attached hydrogens (tertiary/aromatic N) is 2. The van der Waals surface area contributed by atoms with Gasteiger partial charge in [-0.1, -0.05) is 26.7 Å². The smallest absolute Gasteiger partial charge is 0.0762 e. The molecule has 0 radical (unpaired) electrons. The maximum Gasteiger partial charge on any atom is 0.0762 e. The molecule has 1 aromatic rings. The minimum absolute atomic E-state index is 0.691. The van der Waals surface area contributed by atoms with Crippen molar-refractivity contribution in [2.45, 2.75) is 58.5 Å². The van der Waals surface area contributed by atoms with Gasteiger partial charge in [0.1, 0.15) is 0 Å². The summed E-state index contributed by atoms with van der Waals surface area (Å²) in [5, 5.41) is 8.09. The SMILES string of the molecule is CC(C)C1CCCC(NCc2ccn(C)n2)CC1. The van der Waals surface area contributed by atoms with Gasteiger partial charge in [0.25, 0.3) is 0 Å². The summed E-state index contributed by atoms with van der Waals surface area (Å²) in [6.45, 7) is 5.65. The normalized spacial score (nSPS) is 25.3. The van der Waals surface area contributed by atoms with Crippen molar-refractivity contribution in [3.63, 3.8) is 0 Å². The van der Waals surface area contributed by atoms with E-state index in [2.05, 4.69) is 30.3 Å². The topological polar surface area (TPSA) is 29.9 Å². The van der Waals surface area contributed by atoms with E-state index in [1.54, 1.807) is 0 Å². The average Bonchev–Trinajstić information content (AvgIpc) is 2.62. The van der Waals surface area contributed by atoms with Gasteiger partial charge in [-0.2, -0.15) is 5.10 Å². The second-order valence-electron chi connectivity index (χ2n) is 6.07. The Bertz CT molecular complexity index is 356. The molecule has 1 fully saturated rings. The van der Waals surface area contributed by atoms with Crippen molar-refractivity contribution in [2.24, 2.45) is 18.9 Å². The summed E-state index contributed by atoms with van der Waals surface area (Å²) < 4.78 is 1.87. The number of hydrogen-bond acceptors (Lipinski definition) is 2. The van der Waals surface area contributed by atoms with Gasteiger partial charge in [-0.15, -0.1) is 0 Å². The maximum atomic E-state index is 4.42. The molecule has 1 saturated carbocycles. The van der Waals surface area contributed by atoms with Crippen LogP contribution in [0.2, 0.25) is 0 Å². The predicted octanol–water partition coefficient (Wildman–Crippen LogP) is 3.11. The highest BCUT2D eigenvalue weighted by Gasteiger charge is 2.20. The number of nitrogens with one attached hydrogen (secondary N) is 1. The first-order chi connectivity index (χ1) is 8.65. The second kappa shape index (κ2) is 6.37. The molecule has 2 atom stereocenters. The molecule has 1 N–H and O–H groups in total. The fraction of sp³-hybridized carbons (Fsp3) is 0.800. The van der Waals surface area contributed by atoms with Crippen LogP contribution < -0.4 is 5.32 Å². The molecular formula is C15H27N3. The van der Waals surface area contributed by atoms with Crippen molar-refractivity contribution in [3.8, 4) is 0 Å². The van der Waals surface area contributed by atoms with Crippen LogP contribution in [0.4, 0.5) is 0 Å². The van der Waals surface area contributed by atoms with Crippen LogP contribution >= 0.6 is 0 Å². The molecule has 1 aliphatic carbocycles. The molecule has 0 spiro atoms. The van der Waals surface area contributed by atoms with Crippen LogP contribution in [-0.2, 0) is 13.6 Å². The van der Waals surface area contributed by atoms with Gasteiger partial charge in [-0.3, -0.25) is 4.68 Å². The molecule has 3 nitrogen and oxygen atoms in total. The van der Waals surface area contributed by atoms with E-state index in [9.17, 15) is 0 Å². The van der Waals surface area contributed by atoms with E-state index in [4.69, 9.17) is 0 Å². The Morgan fingerprint density at radius 1 is 1.33 bits per heavy atom. The van der Waals surface area contributed by atoms with Gasteiger partial charge in [-0.05, 0) is 37.2 Å². The fourth-order valence-corrected chi connectivity index (χ4v) is 3.01. The van der Waals surface area contributed by atoms with Gasteiger partial charge >= 0.3 is 0 Å². The molecule has 102 valence electrons. The standard InChI is InChI=1S/C15H27N3/c1-12(2)13-5-4-6-14(8-7-13)16-11-15-9-10-18(3)17-15/h9-10,12-14,16H,4-8,11H2,1-3H3. The number of rotatable bonds is 4. The van der Waals surface area contributed by atoms with Crippen LogP contribution in [0.15, 0.2) is 12.3 Å². The lowest BCUT2D eigenvalue weighted by molar-refractivity contribution is 0.337. The van der Waals surface area contributed by atoms with Crippen molar-refractivity contribution in [1.29, 1.82) is 0 Å². The lowest BCUT2D eigenvalue weighted by Crippen LogP contribution is -2.28. The largest absolute Gasteiger partial charge is 0.308 e. The molecule has 1 aliphatic rings. The third-order valence-electron chi connectivity index (χ3n) is 4.30. The third kappa shape index (κ3) is 3.84. The number of hydrogen-bond donors (Lipinski definition) is 1. The Balaban J connectivity index is 1.77. The summed E-state index contributed by atoms with van der Waals surface area (Å²) in [4.78, 5) is 0. The Hall–Kier alpha value is -0.830. The number of aryl methyl sites for hydroxylation is 1. The molecular weight excluding hydrogens is 222 g/mol. The molecule has 0 aromatic carbocycles. The molecule has 0 saturated heterocycles. The highest BCUT2D eigenvalue weighted by molar-refractivity contribution is 4.98. The van der Waals surface area contributed by atoms with Gasteiger partial charge in [0, 0.05) is 25.8 Å². The van der Waals surface area contributed by atoms with Crippen LogP contribution in [0, 0.1) is 11.8 Å². The minimum atomic E-state index is 0.691. The Labute approximate surface area is 111 Å². The molecule has 0 aliphatic heterocycles. The van der Waals surface area contributed by atoms with E-state index < -0.39 is 0 Å². The highest BCUT2D eigenvalue weighted by Crippen LogP contribution is 2.28. The predicted molar refractivity (Wildman–Crippen MR) is 75.2 cm³/mol. The van der Waals surface area contributed by atoms with Crippen LogP contribution in [0.25, 0.3) is 0 Å². The quantitative estimate of drug-likeness (QED) is 0.831. The highest BCUT2D eigenvalue weighted by atomic mass is 15.3. The van der Waals surface area contributed by atoms with Gasteiger partial charge in [-0.25, -0.2) is 0 Å². The molecule has 18 heavy (non-hydrogen) atoms. The Morgan fingerprint density at radius 3 is 2.83 bits per heavy atom. The maximum absolute atomic E-state index is 4.42. The Morgan fingerprint density at radius 2 is 2.17 bits per heavy atom. The Kier molecular flexibility index (Phi) is 4.81. The molecule has 1 aromatic heterocycles. The zero-order valence-electron chi connectivity index (χ0n) is 12.0. The van der Waals surface area contributed by atoms with E-state index in [1.165, 1.54) is 32.1 Å². The lowest BCUT2D eigenvalue weighted by Gasteiger charge is -2.18.